The molecule has 2 aromatic carbocycles. The SMILES string of the molecule is C=Cc1c(C(=O)N[C@H]2CCCC[C@@H]2O)cc(Cc2ccc(-n3cccn3)cc2)c(OC)c1Cl. The number of nitrogens with zero attached hydrogens (tertiary/aromatic N) is 2. The molecule has 3 aromatic rings. The molecule has 1 aliphatic rings. The fraction of sp³-hybridized carbons (Fsp3) is 0.308. The van der Waals surface area contributed by atoms with Gasteiger partial charge in [-0.1, -0.05) is 49.2 Å². The lowest BCUT2D eigenvalue weighted by Crippen LogP contribution is -2.45. The maximum absolute atomic E-state index is 13.2. The van der Waals surface area contributed by atoms with E-state index in [0.29, 0.717) is 34.7 Å². The van der Waals surface area contributed by atoms with Crippen LogP contribution in [0.5, 0.6) is 5.75 Å². The van der Waals surface area contributed by atoms with Crippen molar-refractivity contribution in [2.75, 3.05) is 7.11 Å². The molecule has 0 bridgehead atoms. The molecule has 1 saturated carbocycles. The quantitative estimate of drug-likeness (QED) is 0.525. The minimum Gasteiger partial charge on any atom is -0.495 e. The molecule has 0 radical (unpaired) electrons. The van der Waals surface area contributed by atoms with Gasteiger partial charge in [0.25, 0.3) is 5.91 Å². The molecule has 0 unspecified atom stereocenters. The van der Waals surface area contributed by atoms with E-state index in [4.69, 9.17) is 16.3 Å². The lowest BCUT2D eigenvalue weighted by atomic mass is 9.91. The van der Waals surface area contributed by atoms with E-state index in [-0.39, 0.29) is 11.9 Å². The molecular formula is C26H28ClN3O3. The number of ether oxygens (including phenoxy) is 1. The van der Waals surface area contributed by atoms with Crippen LogP contribution in [0.3, 0.4) is 0 Å². The van der Waals surface area contributed by atoms with Crippen LogP contribution in [0.2, 0.25) is 5.02 Å². The zero-order valence-corrected chi connectivity index (χ0v) is 19.4. The van der Waals surface area contributed by atoms with Gasteiger partial charge in [0.2, 0.25) is 0 Å². The van der Waals surface area contributed by atoms with Gasteiger partial charge in [0.15, 0.2) is 0 Å². The number of aliphatic hydroxyl groups excluding tert-OH is 1. The summed E-state index contributed by atoms with van der Waals surface area (Å²) in [4.78, 5) is 13.2. The zero-order chi connectivity index (χ0) is 23.4. The Morgan fingerprint density at radius 3 is 2.73 bits per heavy atom. The molecule has 6 nitrogen and oxygen atoms in total. The molecule has 1 heterocycles. The Balaban J connectivity index is 1.64. The lowest BCUT2D eigenvalue weighted by molar-refractivity contribution is 0.0717. The molecule has 1 aliphatic carbocycles. The van der Waals surface area contributed by atoms with Crippen molar-refractivity contribution < 1.29 is 14.6 Å². The summed E-state index contributed by atoms with van der Waals surface area (Å²) in [6, 6.07) is 11.4. The Morgan fingerprint density at radius 1 is 1.33 bits per heavy atom. The van der Waals surface area contributed by atoms with Gasteiger partial charge >= 0.3 is 0 Å². The summed E-state index contributed by atoms with van der Waals surface area (Å²) in [5.74, 6) is 0.257. The van der Waals surface area contributed by atoms with Crippen molar-refractivity contribution in [1.29, 1.82) is 0 Å². The molecule has 4 rings (SSSR count). The van der Waals surface area contributed by atoms with Crippen LogP contribution in [-0.4, -0.2) is 40.0 Å². The first-order chi connectivity index (χ1) is 16.0. The number of amides is 1. The van der Waals surface area contributed by atoms with Crippen molar-refractivity contribution in [3.63, 3.8) is 0 Å². The van der Waals surface area contributed by atoms with Crippen LogP contribution < -0.4 is 10.1 Å². The van der Waals surface area contributed by atoms with E-state index in [9.17, 15) is 9.90 Å². The number of carbonyl (C=O) groups is 1. The standard InChI is InChI=1S/C26H28ClN3O3/c1-3-20-21(26(32)29-22-7-4-5-8-23(22)31)16-18(25(33-2)24(20)27)15-17-9-11-19(12-10-17)30-14-6-13-28-30/h3,6,9-14,16,22-23,31H,1,4-5,7-8,15H2,2H3,(H,29,32)/t22-,23-/m0/s1. The summed E-state index contributed by atoms with van der Waals surface area (Å²) in [6.07, 6.45) is 8.61. The highest BCUT2D eigenvalue weighted by Crippen LogP contribution is 2.37. The van der Waals surface area contributed by atoms with E-state index in [2.05, 4.69) is 17.0 Å². The second-order valence-electron chi connectivity index (χ2n) is 8.27. The van der Waals surface area contributed by atoms with Gasteiger partial charge in [-0.05, 0) is 42.7 Å². The van der Waals surface area contributed by atoms with Crippen LogP contribution in [0.15, 0.2) is 55.4 Å². The summed E-state index contributed by atoms with van der Waals surface area (Å²) < 4.78 is 7.40. The van der Waals surface area contributed by atoms with Gasteiger partial charge in [0, 0.05) is 35.5 Å². The largest absolute Gasteiger partial charge is 0.495 e. The number of hydrogen-bond donors (Lipinski definition) is 2. The Bertz CT molecular complexity index is 1130. The molecule has 1 fully saturated rings. The number of halogens is 1. The smallest absolute Gasteiger partial charge is 0.252 e. The van der Waals surface area contributed by atoms with Crippen molar-refractivity contribution >= 4 is 23.6 Å². The zero-order valence-electron chi connectivity index (χ0n) is 18.6. The average molecular weight is 466 g/mol. The molecule has 1 amide bonds. The van der Waals surface area contributed by atoms with Crippen LogP contribution in [0.25, 0.3) is 11.8 Å². The van der Waals surface area contributed by atoms with E-state index in [1.165, 1.54) is 0 Å². The molecule has 7 heteroatoms. The number of nitrogens with one attached hydrogen (secondary N) is 1. The van der Waals surface area contributed by atoms with Gasteiger partial charge < -0.3 is 15.2 Å². The van der Waals surface area contributed by atoms with Gasteiger partial charge in [0.1, 0.15) is 5.75 Å². The van der Waals surface area contributed by atoms with Crippen molar-refractivity contribution in [2.45, 2.75) is 44.2 Å². The number of methoxy groups -OCH3 is 1. The average Bonchev–Trinajstić information content (AvgIpc) is 3.36. The summed E-state index contributed by atoms with van der Waals surface area (Å²) in [5, 5.41) is 17.9. The Labute approximate surface area is 198 Å². The summed E-state index contributed by atoms with van der Waals surface area (Å²) in [5.41, 5.74) is 3.75. The third-order valence-electron chi connectivity index (χ3n) is 6.13. The van der Waals surface area contributed by atoms with Crippen LogP contribution in [0.1, 0.15) is 52.7 Å². The Hall–Kier alpha value is -3.09. The fourth-order valence-corrected chi connectivity index (χ4v) is 4.75. The molecule has 2 atom stereocenters. The monoisotopic (exact) mass is 465 g/mol. The normalized spacial score (nSPS) is 18.0. The first kappa shape index (κ1) is 23.1. The number of benzene rings is 2. The molecule has 33 heavy (non-hydrogen) atoms. The second-order valence-corrected chi connectivity index (χ2v) is 8.65. The highest BCUT2D eigenvalue weighted by Gasteiger charge is 2.27. The molecular weight excluding hydrogens is 438 g/mol. The predicted molar refractivity (Wildman–Crippen MR) is 130 cm³/mol. The summed E-state index contributed by atoms with van der Waals surface area (Å²) >= 11 is 6.66. The van der Waals surface area contributed by atoms with Crippen LogP contribution in [0, 0.1) is 0 Å². The first-order valence-electron chi connectivity index (χ1n) is 11.1. The van der Waals surface area contributed by atoms with Crippen molar-refractivity contribution in [3.8, 4) is 11.4 Å². The highest BCUT2D eigenvalue weighted by molar-refractivity contribution is 6.34. The Kier molecular flexibility index (Phi) is 7.16. The van der Waals surface area contributed by atoms with Crippen LogP contribution in [-0.2, 0) is 6.42 Å². The minimum atomic E-state index is -0.531. The van der Waals surface area contributed by atoms with E-state index >= 15 is 0 Å². The lowest BCUT2D eigenvalue weighted by Gasteiger charge is -2.28. The first-order valence-corrected chi connectivity index (χ1v) is 11.5. The van der Waals surface area contributed by atoms with Gasteiger partial charge in [-0.2, -0.15) is 5.10 Å². The van der Waals surface area contributed by atoms with Crippen molar-refractivity contribution in [1.82, 2.24) is 15.1 Å². The third kappa shape index (κ3) is 4.97. The number of rotatable bonds is 7. The van der Waals surface area contributed by atoms with Gasteiger partial charge in [-0.3, -0.25) is 4.79 Å². The van der Waals surface area contributed by atoms with Gasteiger partial charge in [-0.15, -0.1) is 0 Å². The maximum atomic E-state index is 13.2. The van der Waals surface area contributed by atoms with Crippen molar-refractivity contribution in [2.24, 2.45) is 0 Å². The maximum Gasteiger partial charge on any atom is 0.252 e. The second kappa shape index (κ2) is 10.2. The van der Waals surface area contributed by atoms with E-state index in [1.807, 2.05) is 42.6 Å². The Morgan fingerprint density at radius 2 is 2.09 bits per heavy atom. The van der Waals surface area contributed by atoms with Crippen molar-refractivity contribution in [3.05, 3.63) is 82.6 Å². The number of carbonyl (C=O) groups excluding carboxylic acids is 1. The van der Waals surface area contributed by atoms with Crippen LogP contribution >= 0.6 is 11.6 Å². The molecule has 2 N–H and O–H groups in total. The fourth-order valence-electron chi connectivity index (χ4n) is 4.37. The third-order valence-corrected chi connectivity index (χ3v) is 6.51. The van der Waals surface area contributed by atoms with E-state index < -0.39 is 6.10 Å². The topological polar surface area (TPSA) is 76.4 Å². The summed E-state index contributed by atoms with van der Waals surface area (Å²) in [7, 11) is 1.57. The van der Waals surface area contributed by atoms with E-state index in [1.54, 1.807) is 24.1 Å². The number of aliphatic hydroxyl groups is 1. The predicted octanol–water partition coefficient (Wildman–Crippen LogP) is 4.80. The molecule has 0 spiro atoms. The molecule has 1 aromatic heterocycles. The summed E-state index contributed by atoms with van der Waals surface area (Å²) in [6.45, 7) is 3.84. The minimum absolute atomic E-state index is 0.261. The highest BCUT2D eigenvalue weighted by atomic mass is 35.5. The number of hydrogen-bond acceptors (Lipinski definition) is 4. The van der Waals surface area contributed by atoms with Gasteiger partial charge in [0.05, 0.1) is 30.0 Å². The van der Waals surface area contributed by atoms with Gasteiger partial charge in [-0.25, -0.2) is 4.68 Å². The van der Waals surface area contributed by atoms with Crippen LogP contribution in [0.4, 0.5) is 0 Å². The molecule has 0 saturated heterocycles. The number of aromatic nitrogens is 2. The van der Waals surface area contributed by atoms with E-state index in [0.717, 1.165) is 36.1 Å². The molecule has 172 valence electrons. The molecule has 0 aliphatic heterocycles.